The van der Waals surface area contributed by atoms with Crippen molar-refractivity contribution in [3.63, 3.8) is 0 Å². The fraction of sp³-hybridized carbons (Fsp3) is 0.400. The van der Waals surface area contributed by atoms with Crippen LogP contribution in [-0.4, -0.2) is 94.4 Å². The van der Waals surface area contributed by atoms with Gasteiger partial charge in [0.25, 0.3) is 17.7 Å². The van der Waals surface area contributed by atoms with Crippen molar-refractivity contribution >= 4 is 33.1 Å². The van der Waals surface area contributed by atoms with E-state index in [4.69, 9.17) is 5.10 Å². The highest BCUT2D eigenvalue weighted by molar-refractivity contribution is 6.40. The van der Waals surface area contributed by atoms with Crippen molar-refractivity contribution < 1.29 is 24.6 Å². The Hall–Kier alpha value is -4.78. The number of aromatic nitrogens is 2. The first-order valence-electron chi connectivity index (χ1n) is 18.6. The summed E-state index contributed by atoms with van der Waals surface area (Å²) in [5.74, 6) is -0.506. The molecule has 11 nitrogen and oxygen atoms in total. The largest absolute Gasteiger partial charge is 0.416 e. The van der Waals surface area contributed by atoms with E-state index < -0.39 is 22.0 Å². The number of rotatable bonds is 15. The molecule has 2 aliphatic rings. The molecule has 0 radical (unpaired) electrons. The van der Waals surface area contributed by atoms with Gasteiger partial charge in [-0.05, 0) is 73.7 Å². The van der Waals surface area contributed by atoms with Crippen LogP contribution in [0.2, 0.25) is 6.04 Å². The predicted molar refractivity (Wildman–Crippen MR) is 204 cm³/mol. The lowest BCUT2D eigenvalue weighted by molar-refractivity contribution is 0.0202. The summed E-state index contributed by atoms with van der Waals surface area (Å²) < 4.78 is 1.68. The Balaban J connectivity index is 1.27. The number of carbonyl (C=O) groups excluding carboxylic acids is 3. The van der Waals surface area contributed by atoms with Crippen molar-refractivity contribution in [2.75, 3.05) is 31.2 Å². The number of nitrogens with one attached hydrogen (secondary N) is 1. The number of nitrogens with zero attached hydrogens (tertiary/aromatic N) is 5. The maximum absolute atomic E-state index is 14.6. The number of amides is 3. The van der Waals surface area contributed by atoms with E-state index in [1.807, 2.05) is 60.4 Å². The quantitative estimate of drug-likeness (QED) is 0.118. The van der Waals surface area contributed by atoms with E-state index in [0.29, 0.717) is 66.7 Å². The highest BCUT2D eigenvalue weighted by atomic mass is 28.2. The SMILES string of the molecule is CCCCN(CCCC)C(=O)c1cc(C)n(-c2ccc(N[SiH2]CCN3C(=O)c4ccccc4C3O)cc2C(=O)N2Cc3ccccc3CC2CO)n1. The van der Waals surface area contributed by atoms with Crippen molar-refractivity contribution in [2.24, 2.45) is 0 Å². The van der Waals surface area contributed by atoms with E-state index in [0.717, 1.165) is 48.2 Å². The molecule has 3 aromatic carbocycles. The van der Waals surface area contributed by atoms with Crippen LogP contribution in [0.3, 0.4) is 0 Å². The number of aliphatic hydroxyl groups excluding tert-OH is 2. The fourth-order valence-electron chi connectivity index (χ4n) is 7.20. The van der Waals surface area contributed by atoms with E-state index in [1.165, 1.54) is 4.90 Å². The molecule has 4 aromatic rings. The van der Waals surface area contributed by atoms with Crippen LogP contribution >= 0.6 is 0 Å². The maximum atomic E-state index is 14.6. The van der Waals surface area contributed by atoms with Gasteiger partial charge in [-0.2, -0.15) is 5.10 Å². The van der Waals surface area contributed by atoms with E-state index in [-0.39, 0.29) is 24.3 Å². The molecule has 6 rings (SSSR count). The molecule has 0 spiro atoms. The van der Waals surface area contributed by atoms with Crippen LogP contribution in [-0.2, 0) is 13.0 Å². The monoisotopic (exact) mass is 722 g/mol. The second kappa shape index (κ2) is 16.7. The Kier molecular flexibility index (Phi) is 11.9. The van der Waals surface area contributed by atoms with Crippen LogP contribution in [0.1, 0.15) is 99.3 Å². The summed E-state index contributed by atoms with van der Waals surface area (Å²) in [6.45, 7) is 8.07. The van der Waals surface area contributed by atoms with Crippen LogP contribution in [0, 0.1) is 6.92 Å². The molecule has 2 atom stereocenters. The Morgan fingerprint density at radius 2 is 1.69 bits per heavy atom. The van der Waals surface area contributed by atoms with Gasteiger partial charge < -0.3 is 29.9 Å². The number of hydrogen-bond acceptors (Lipinski definition) is 7. The Labute approximate surface area is 308 Å². The average molecular weight is 723 g/mol. The molecule has 3 N–H and O–H groups in total. The minimum Gasteiger partial charge on any atom is -0.416 e. The van der Waals surface area contributed by atoms with Crippen molar-refractivity contribution in [3.8, 4) is 5.69 Å². The normalized spacial score (nSPS) is 16.8. The minimum absolute atomic E-state index is 0.112. The van der Waals surface area contributed by atoms with Gasteiger partial charge in [0, 0.05) is 48.7 Å². The molecule has 12 heteroatoms. The number of aliphatic hydroxyl groups is 2. The molecule has 2 aliphatic heterocycles. The molecular weight excluding hydrogens is 673 g/mol. The maximum Gasteiger partial charge on any atom is 0.274 e. The lowest BCUT2D eigenvalue weighted by atomic mass is 9.93. The standard InChI is InChI=1S/C40H50N6O5Si/c1-4-6-18-43(19-7-5-2)40(51)35-22-27(3)46(41-35)36-17-16-30(42-52-21-20-44-37(48)32-14-10-11-15-33(32)38(44)49)24-34(36)39(50)45-25-29-13-9-8-12-28(29)23-31(45)26-47/h8-17,22,24,31,37,42,47-48H,4-7,18-21,23,25-26,52H2,1-3H3. The first kappa shape index (κ1) is 37.0. The number of anilines is 1. The van der Waals surface area contributed by atoms with Crippen molar-refractivity contribution in [2.45, 2.75) is 77.7 Å². The van der Waals surface area contributed by atoms with Gasteiger partial charge in [0.15, 0.2) is 11.9 Å². The summed E-state index contributed by atoms with van der Waals surface area (Å²) in [7, 11) is -0.975. The summed E-state index contributed by atoms with van der Waals surface area (Å²) in [6.07, 6.45) is 3.41. The smallest absolute Gasteiger partial charge is 0.274 e. The van der Waals surface area contributed by atoms with Gasteiger partial charge in [-0.25, -0.2) is 4.68 Å². The Bertz CT molecular complexity index is 1900. The number of hydrogen-bond donors (Lipinski definition) is 3. The topological polar surface area (TPSA) is 131 Å². The van der Waals surface area contributed by atoms with Gasteiger partial charge in [-0.15, -0.1) is 0 Å². The average Bonchev–Trinajstić information content (AvgIpc) is 3.67. The van der Waals surface area contributed by atoms with E-state index >= 15 is 0 Å². The number of fused-ring (bicyclic) bond motifs is 2. The summed E-state index contributed by atoms with van der Waals surface area (Å²) in [5.41, 5.74) is 6.16. The number of unbranched alkanes of at least 4 members (excludes halogenated alkanes) is 2. The lowest BCUT2D eigenvalue weighted by Crippen LogP contribution is -2.46. The van der Waals surface area contributed by atoms with E-state index in [9.17, 15) is 24.6 Å². The van der Waals surface area contributed by atoms with Gasteiger partial charge in [-0.1, -0.05) is 69.2 Å². The second-order valence-electron chi connectivity index (χ2n) is 13.8. The van der Waals surface area contributed by atoms with Gasteiger partial charge in [0.1, 0.15) is 9.68 Å². The number of carbonyl (C=O) groups is 3. The van der Waals surface area contributed by atoms with Crippen molar-refractivity contribution in [1.82, 2.24) is 24.5 Å². The molecule has 52 heavy (non-hydrogen) atoms. The Morgan fingerprint density at radius 3 is 2.40 bits per heavy atom. The van der Waals surface area contributed by atoms with Crippen LogP contribution in [0.5, 0.6) is 0 Å². The van der Waals surface area contributed by atoms with Gasteiger partial charge in [0.2, 0.25) is 0 Å². The molecule has 3 heterocycles. The molecule has 0 aliphatic carbocycles. The summed E-state index contributed by atoms with van der Waals surface area (Å²) in [6, 6.07) is 22.9. The molecule has 0 fully saturated rings. The molecule has 0 saturated carbocycles. The number of benzene rings is 3. The molecule has 3 amide bonds. The summed E-state index contributed by atoms with van der Waals surface area (Å²) in [4.78, 5) is 49.9. The second-order valence-corrected chi connectivity index (χ2v) is 15.4. The zero-order chi connectivity index (χ0) is 36.8. The summed E-state index contributed by atoms with van der Waals surface area (Å²) >= 11 is 0. The molecule has 0 bridgehead atoms. The van der Waals surface area contributed by atoms with Crippen molar-refractivity contribution in [3.05, 3.63) is 112 Å². The summed E-state index contributed by atoms with van der Waals surface area (Å²) in [5, 5.41) is 26.0. The molecular formula is C40H50N6O5Si. The van der Waals surface area contributed by atoms with E-state index in [1.54, 1.807) is 33.8 Å². The molecule has 1 aromatic heterocycles. The first-order chi connectivity index (χ1) is 25.2. The fourth-order valence-corrected chi connectivity index (χ4v) is 8.38. The van der Waals surface area contributed by atoms with Crippen molar-refractivity contribution in [1.29, 1.82) is 0 Å². The number of aryl methyl sites for hydroxylation is 1. The van der Waals surface area contributed by atoms with Crippen LogP contribution in [0.25, 0.3) is 5.69 Å². The van der Waals surface area contributed by atoms with E-state index in [2.05, 4.69) is 18.8 Å². The third-order valence-electron chi connectivity index (χ3n) is 10.2. The highest BCUT2D eigenvalue weighted by Gasteiger charge is 2.35. The van der Waals surface area contributed by atoms with Crippen LogP contribution < -0.4 is 4.98 Å². The zero-order valence-corrected chi connectivity index (χ0v) is 31.8. The Morgan fingerprint density at radius 1 is 0.981 bits per heavy atom. The lowest BCUT2D eigenvalue weighted by Gasteiger charge is -2.36. The highest BCUT2D eigenvalue weighted by Crippen LogP contribution is 2.32. The van der Waals surface area contributed by atoms with Crippen LogP contribution in [0.15, 0.2) is 72.8 Å². The minimum atomic E-state index is -0.975. The third-order valence-corrected chi connectivity index (χ3v) is 11.5. The third kappa shape index (κ3) is 7.69. The van der Waals surface area contributed by atoms with Gasteiger partial charge in [-0.3, -0.25) is 14.4 Å². The van der Waals surface area contributed by atoms with Crippen LogP contribution in [0.4, 0.5) is 5.69 Å². The first-order valence-corrected chi connectivity index (χ1v) is 20.3. The predicted octanol–water partition coefficient (Wildman–Crippen LogP) is 4.84. The molecule has 0 saturated heterocycles. The molecule has 274 valence electrons. The molecule has 2 unspecified atom stereocenters. The van der Waals surface area contributed by atoms with Gasteiger partial charge >= 0.3 is 0 Å². The van der Waals surface area contributed by atoms with Gasteiger partial charge in [0.05, 0.1) is 23.9 Å². The zero-order valence-electron chi connectivity index (χ0n) is 30.4.